The molecule has 2 bridgehead atoms. The minimum atomic E-state index is 0.669. The molecule has 0 unspecified atom stereocenters. The smallest absolute Gasteiger partial charge is 0.0876 e. The summed E-state index contributed by atoms with van der Waals surface area (Å²) in [6, 6.07) is 0. The fourth-order valence-electron chi connectivity index (χ4n) is 3.71. The van der Waals surface area contributed by atoms with Crippen LogP contribution in [0.2, 0.25) is 0 Å². The zero-order chi connectivity index (χ0) is 7.00. The van der Waals surface area contributed by atoms with E-state index in [1.165, 1.54) is 6.42 Å². The summed E-state index contributed by atoms with van der Waals surface area (Å²) in [5.41, 5.74) is 0. The molecule has 11 heavy (non-hydrogen) atoms. The third kappa shape index (κ3) is 0.482. The molecule has 2 nitrogen and oxygen atoms in total. The molecule has 0 N–H and O–H groups in total. The Morgan fingerprint density at radius 2 is 1.45 bits per heavy atom. The van der Waals surface area contributed by atoms with Gasteiger partial charge in [-0.05, 0) is 30.1 Å². The average Bonchev–Trinajstić information content (AvgIpc) is 2.46. The van der Waals surface area contributed by atoms with Gasteiger partial charge in [0, 0.05) is 0 Å². The Morgan fingerprint density at radius 3 is 2.09 bits per heavy atom. The van der Waals surface area contributed by atoms with Crippen molar-refractivity contribution in [1.82, 2.24) is 0 Å². The molecule has 2 heteroatoms. The number of hydrogen-bond acceptors (Lipinski definition) is 2. The third-order valence-electron chi connectivity index (χ3n) is 4.22. The standard InChI is InChI=1S/C9H12O2/c1-4-6-2-10-3-7(6)5(1)9-8(4)11-9/h4-9H,1-3H2/t4-,5+,6-,7+,8-,9+. The number of rotatable bonds is 0. The number of fused-ring (bicyclic) bond motifs is 8. The maximum absolute atomic E-state index is 5.62. The van der Waals surface area contributed by atoms with E-state index in [0.29, 0.717) is 12.2 Å². The summed E-state index contributed by atoms with van der Waals surface area (Å²) in [4.78, 5) is 0. The molecule has 0 spiro atoms. The lowest BCUT2D eigenvalue weighted by Gasteiger charge is -2.18. The van der Waals surface area contributed by atoms with Crippen LogP contribution < -0.4 is 0 Å². The molecule has 60 valence electrons. The van der Waals surface area contributed by atoms with Gasteiger partial charge in [0.15, 0.2) is 0 Å². The maximum atomic E-state index is 5.62. The van der Waals surface area contributed by atoms with Crippen LogP contribution in [0.5, 0.6) is 0 Å². The number of ether oxygens (including phenoxy) is 2. The van der Waals surface area contributed by atoms with Gasteiger partial charge in [-0.3, -0.25) is 0 Å². The van der Waals surface area contributed by atoms with Crippen LogP contribution in [-0.2, 0) is 9.47 Å². The van der Waals surface area contributed by atoms with Gasteiger partial charge in [-0.15, -0.1) is 0 Å². The normalized spacial score (nSPS) is 69.8. The van der Waals surface area contributed by atoms with Crippen LogP contribution in [0.25, 0.3) is 0 Å². The van der Waals surface area contributed by atoms with E-state index in [9.17, 15) is 0 Å². The van der Waals surface area contributed by atoms with Gasteiger partial charge in [-0.25, -0.2) is 0 Å². The summed E-state index contributed by atoms with van der Waals surface area (Å²) in [5, 5.41) is 0. The molecule has 0 aromatic rings. The quantitative estimate of drug-likeness (QED) is 0.476. The van der Waals surface area contributed by atoms with Gasteiger partial charge in [0.05, 0.1) is 25.4 Å². The van der Waals surface area contributed by atoms with E-state index >= 15 is 0 Å². The summed E-state index contributed by atoms with van der Waals surface area (Å²) in [6.45, 7) is 2.05. The molecule has 2 heterocycles. The largest absolute Gasteiger partial charge is 0.381 e. The number of epoxide rings is 1. The third-order valence-corrected chi connectivity index (χ3v) is 4.22. The summed E-state index contributed by atoms with van der Waals surface area (Å²) in [5.74, 6) is 3.53. The molecule has 2 aliphatic carbocycles. The van der Waals surface area contributed by atoms with Gasteiger partial charge >= 0.3 is 0 Å². The lowest BCUT2D eigenvalue weighted by atomic mass is 9.82. The number of hydrogen-bond donors (Lipinski definition) is 0. The molecular weight excluding hydrogens is 140 g/mol. The van der Waals surface area contributed by atoms with Crippen LogP contribution in [0.1, 0.15) is 6.42 Å². The first-order valence-electron chi connectivity index (χ1n) is 4.68. The predicted octanol–water partition coefficient (Wildman–Crippen LogP) is 0.666. The van der Waals surface area contributed by atoms with E-state index in [2.05, 4.69) is 0 Å². The zero-order valence-electron chi connectivity index (χ0n) is 6.40. The van der Waals surface area contributed by atoms with Crippen molar-refractivity contribution in [3.8, 4) is 0 Å². The first-order valence-corrected chi connectivity index (χ1v) is 4.68. The molecule has 4 aliphatic rings. The van der Waals surface area contributed by atoms with Gasteiger partial charge in [-0.1, -0.05) is 0 Å². The first kappa shape index (κ1) is 5.55. The van der Waals surface area contributed by atoms with E-state index < -0.39 is 0 Å². The van der Waals surface area contributed by atoms with Crippen LogP contribution in [-0.4, -0.2) is 25.4 Å². The Labute approximate surface area is 65.9 Å². The van der Waals surface area contributed by atoms with E-state index in [-0.39, 0.29) is 0 Å². The van der Waals surface area contributed by atoms with Crippen LogP contribution in [0.4, 0.5) is 0 Å². The summed E-state index contributed by atoms with van der Waals surface area (Å²) in [6.07, 6.45) is 2.79. The molecule has 4 fully saturated rings. The van der Waals surface area contributed by atoms with E-state index in [0.717, 1.165) is 36.9 Å². The molecule has 2 saturated heterocycles. The van der Waals surface area contributed by atoms with E-state index in [1.54, 1.807) is 0 Å². The molecule has 4 rings (SSSR count). The molecule has 2 saturated carbocycles. The SMILES string of the molecule is C1OC[C@H]2[C@@H]1[C@@H]1C[C@H]2[C@H]2O[C@@H]12. The summed E-state index contributed by atoms with van der Waals surface area (Å²) in [7, 11) is 0. The van der Waals surface area contributed by atoms with Crippen LogP contribution >= 0.6 is 0 Å². The highest BCUT2D eigenvalue weighted by Gasteiger charge is 2.68. The van der Waals surface area contributed by atoms with Gasteiger partial charge < -0.3 is 9.47 Å². The van der Waals surface area contributed by atoms with Crippen LogP contribution in [0.15, 0.2) is 0 Å². The Hall–Kier alpha value is -0.0800. The van der Waals surface area contributed by atoms with Crippen LogP contribution in [0.3, 0.4) is 0 Å². The second-order valence-electron chi connectivity index (χ2n) is 4.49. The molecule has 6 atom stereocenters. The molecule has 2 aliphatic heterocycles. The monoisotopic (exact) mass is 152 g/mol. The average molecular weight is 152 g/mol. The molecule has 0 aromatic heterocycles. The van der Waals surface area contributed by atoms with Crippen molar-refractivity contribution < 1.29 is 9.47 Å². The van der Waals surface area contributed by atoms with Crippen molar-refractivity contribution in [2.45, 2.75) is 18.6 Å². The lowest BCUT2D eigenvalue weighted by molar-refractivity contribution is 0.139. The highest BCUT2D eigenvalue weighted by Crippen LogP contribution is 2.62. The summed E-state index contributed by atoms with van der Waals surface area (Å²) < 4.78 is 11.1. The van der Waals surface area contributed by atoms with E-state index in [1.807, 2.05) is 0 Å². The van der Waals surface area contributed by atoms with Crippen molar-refractivity contribution in [2.75, 3.05) is 13.2 Å². The highest BCUT2D eigenvalue weighted by molar-refractivity contribution is 5.14. The van der Waals surface area contributed by atoms with Crippen LogP contribution in [0, 0.1) is 23.7 Å². The predicted molar refractivity (Wildman–Crippen MR) is 38.1 cm³/mol. The Bertz CT molecular complexity index is 192. The fraction of sp³-hybridized carbons (Fsp3) is 1.00. The fourth-order valence-corrected chi connectivity index (χ4v) is 3.71. The summed E-state index contributed by atoms with van der Waals surface area (Å²) >= 11 is 0. The second-order valence-corrected chi connectivity index (χ2v) is 4.49. The van der Waals surface area contributed by atoms with Gasteiger partial charge in [0.1, 0.15) is 0 Å². The molecule has 0 aromatic carbocycles. The van der Waals surface area contributed by atoms with Gasteiger partial charge in [0.25, 0.3) is 0 Å². The van der Waals surface area contributed by atoms with Gasteiger partial charge in [0.2, 0.25) is 0 Å². The Kier molecular flexibility index (Phi) is 0.758. The zero-order valence-corrected chi connectivity index (χ0v) is 6.40. The molecule has 0 radical (unpaired) electrons. The maximum Gasteiger partial charge on any atom is 0.0876 e. The van der Waals surface area contributed by atoms with Crippen molar-refractivity contribution in [3.05, 3.63) is 0 Å². The van der Waals surface area contributed by atoms with Gasteiger partial charge in [-0.2, -0.15) is 0 Å². The molecule has 0 amide bonds. The topological polar surface area (TPSA) is 21.8 Å². The van der Waals surface area contributed by atoms with E-state index in [4.69, 9.17) is 9.47 Å². The first-order chi connectivity index (χ1) is 5.45. The van der Waals surface area contributed by atoms with Crippen molar-refractivity contribution in [2.24, 2.45) is 23.7 Å². The van der Waals surface area contributed by atoms with Crippen molar-refractivity contribution in [3.63, 3.8) is 0 Å². The highest BCUT2D eigenvalue weighted by atomic mass is 16.6. The van der Waals surface area contributed by atoms with Crippen molar-refractivity contribution >= 4 is 0 Å². The minimum Gasteiger partial charge on any atom is -0.381 e. The lowest BCUT2D eigenvalue weighted by Crippen LogP contribution is -2.25. The minimum absolute atomic E-state index is 0.669. The second kappa shape index (κ2) is 1.50. The van der Waals surface area contributed by atoms with Crippen molar-refractivity contribution in [1.29, 1.82) is 0 Å². The Balaban J connectivity index is 1.79. The molecular formula is C9H12O2. The Morgan fingerprint density at radius 1 is 0.818 bits per heavy atom.